The van der Waals surface area contributed by atoms with E-state index in [0.717, 1.165) is 24.8 Å². The number of hydrogen-bond donors (Lipinski definition) is 1. The number of nitrogens with zero attached hydrogens (tertiary/aromatic N) is 2. The van der Waals surface area contributed by atoms with Gasteiger partial charge in [-0.3, -0.25) is 4.79 Å². The van der Waals surface area contributed by atoms with Crippen molar-refractivity contribution in [1.82, 2.24) is 9.97 Å². The monoisotopic (exact) mass is 271 g/mol. The Kier molecular flexibility index (Phi) is 5.92. The van der Waals surface area contributed by atoms with Crippen LogP contribution in [0.4, 0.5) is 5.82 Å². The van der Waals surface area contributed by atoms with Gasteiger partial charge in [0.1, 0.15) is 12.1 Å². The minimum absolute atomic E-state index is 0.0524. The van der Waals surface area contributed by atoms with Crippen molar-refractivity contribution in [3.05, 3.63) is 23.2 Å². The van der Waals surface area contributed by atoms with Crippen LogP contribution in [-0.2, 0) is 4.79 Å². The third-order valence-corrected chi connectivity index (χ3v) is 3.03. The topological polar surface area (TPSA) is 68.9 Å². The average Bonchev–Trinajstić information content (AvgIpc) is 2.39. The molecular formula is C16H21N3O. The number of rotatable bonds is 5. The van der Waals surface area contributed by atoms with E-state index in [1.807, 2.05) is 6.92 Å². The summed E-state index contributed by atoms with van der Waals surface area (Å²) in [5, 5.41) is 0. The molecule has 2 N–H and O–H groups in total. The number of aromatic nitrogens is 2. The molecule has 4 heteroatoms. The SMILES string of the molecule is CC#C/C(CCCC)=C(\C(C)=O)c1c(C)ncnc1N. The van der Waals surface area contributed by atoms with Crippen molar-refractivity contribution in [1.29, 1.82) is 0 Å². The van der Waals surface area contributed by atoms with Crippen LogP contribution in [0.1, 0.15) is 51.3 Å². The molecule has 106 valence electrons. The molecule has 0 bridgehead atoms. The Morgan fingerprint density at radius 3 is 2.60 bits per heavy atom. The van der Waals surface area contributed by atoms with Crippen LogP contribution in [0, 0.1) is 18.8 Å². The van der Waals surface area contributed by atoms with E-state index in [-0.39, 0.29) is 5.78 Å². The molecule has 0 saturated carbocycles. The summed E-state index contributed by atoms with van der Waals surface area (Å²) in [6.07, 6.45) is 4.19. The molecule has 1 heterocycles. The molecule has 0 aliphatic heterocycles. The van der Waals surface area contributed by atoms with Crippen molar-refractivity contribution in [3.8, 4) is 11.8 Å². The smallest absolute Gasteiger partial charge is 0.161 e. The Morgan fingerprint density at radius 2 is 2.10 bits per heavy atom. The second-order valence-electron chi connectivity index (χ2n) is 4.61. The molecule has 1 rings (SSSR count). The molecule has 0 radical (unpaired) electrons. The van der Waals surface area contributed by atoms with E-state index in [2.05, 4.69) is 28.7 Å². The van der Waals surface area contributed by atoms with Crippen molar-refractivity contribution < 1.29 is 4.79 Å². The summed E-state index contributed by atoms with van der Waals surface area (Å²) in [6, 6.07) is 0. The number of carbonyl (C=O) groups excluding carboxylic acids is 1. The maximum atomic E-state index is 12.1. The molecule has 1 aromatic rings. The maximum absolute atomic E-state index is 12.1. The van der Waals surface area contributed by atoms with Gasteiger partial charge in [-0.25, -0.2) is 9.97 Å². The minimum Gasteiger partial charge on any atom is -0.383 e. The normalized spacial score (nSPS) is 11.4. The maximum Gasteiger partial charge on any atom is 0.161 e. The molecule has 0 spiro atoms. The molecule has 0 aliphatic carbocycles. The molecule has 0 saturated heterocycles. The second kappa shape index (κ2) is 7.44. The first-order valence-electron chi connectivity index (χ1n) is 6.77. The highest BCUT2D eigenvalue weighted by atomic mass is 16.1. The van der Waals surface area contributed by atoms with Crippen molar-refractivity contribution in [2.24, 2.45) is 0 Å². The Labute approximate surface area is 120 Å². The lowest BCUT2D eigenvalue weighted by molar-refractivity contribution is -0.111. The second-order valence-corrected chi connectivity index (χ2v) is 4.61. The van der Waals surface area contributed by atoms with Crippen LogP contribution in [0.2, 0.25) is 0 Å². The van der Waals surface area contributed by atoms with E-state index in [0.29, 0.717) is 22.6 Å². The first kappa shape index (κ1) is 15.9. The fraction of sp³-hybridized carbons (Fsp3) is 0.438. The van der Waals surface area contributed by atoms with Crippen LogP contribution in [0.5, 0.6) is 0 Å². The fourth-order valence-corrected chi connectivity index (χ4v) is 2.09. The van der Waals surface area contributed by atoms with Gasteiger partial charge >= 0.3 is 0 Å². The summed E-state index contributed by atoms with van der Waals surface area (Å²) < 4.78 is 0. The zero-order valence-corrected chi connectivity index (χ0v) is 12.6. The third-order valence-electron chi connectivity index (χ3n) is 3.03. The zero-order valence-electron chi connectivity index (χ0n) is 12.6. The third kappa shape index (κ3) is 3.67. The molecule has 20 heavy (non-hydrogen) atoms. The van der Waals surface area contributed by atoms with Crippen molar-refractivity contribution >= 4 is 17.2 Å². The summed E-state index contributed by atoms with van der Waals surface area (Å²) in [7, 11) is 0. The van der Waals surface area contributed by atoms with Crippen LogP contribution >= 0.6 is 0 Å². The quantitative estimate of drug-likeness (QED) is 0.660. The van der Waals surface area contributed by atoms with Crippen molar-refractivity contribution in [2.45, 2.75) is 47.0 Å². The lowest BCUT2D eigenvalue weighted by Crippen LogP contribution is -2.08. The number of unbranched alkanes of at least 4 members (excludes halogenated alkanes) is 1. The lowest BCUT2D eigenvalue weighted by atomic mass is 9.93. The largest absolute Gasteiger partial charge is 0.383 e. The van der Waals surface area contributed by atoms with Gasteiger partial charge in [0.05, 0.1) is 5.69 Å². The van der Waals surface area contributed by atoms with Gasteiger partial charge in [-0.15, -0.1) is 5.92 Å². The minimum atomic E-state index is -0.0524. The highest BCUT2D eigenvalue weighted by Gasteiger charge is 2.19. The Hall–Kier alpha value is -2.15. The first-order valence-corrected chi connectivity index (χ1v) is 6.77. The van der Waals surface area contributed by atoms with Gasteiger partial charge in [-0.2, -0.15) is 0 Å². The average molecular weight is 271 g/mol. The van der Waals surface area contributed by atoms with Gasteiger partial charge in [0, 0.05) is 16.7 Å². The summed E-state index contributed by atoms with van der Waals surface area (Å²) in [4.78, 5) is 20.2. The van der Waals surface area contributed by atoms with E-state index < -0.39 is 0 Å². The van der Waals surface area contributed by atoms with Gasteiger partial charge in [-0.1, -0.05) is 19.3 Å². The Morgan fingerprint density at radius 1 is 1.40 bits per heavy atom. The predicted molar refractivity (Wildman–Crippen MR) is 81.8 cm³/mol. The molecule has 4 nitrogen and oxygen atoms in total. The molecule has 0 atom stereocenters. The van der Waals surface area contributed by atoms with Gasteiger partial charge in [0.15, 0.2) is 5.78 Å². The number of nitrogen functional groups attached to an aromatic ring is 1. The van der Waals surface area contributed by atoms with E-state index in [1.54, 1.807) is 6.92 Å². The molecule has 0 fully saturated rings. The van der Waals surface area contributed by atoms with E-state index >= 15 is 0 Å². The van der Waals surface area contributed by atoms with Crippen LogP contribution in [-0.4, -0.2) is 15.8 Å². The number of carbonyl (C=O) groups is 1. The van der Waals surface area contributed by atoms with Gasteiger partial charge in [-0.05, 0) is 33.6 Å². The Balaban J connectivity index is 3.54. The standard InChI is InChI=1S/C16H21N3O/c1-5-7-9-13(8-6-2)15(12(4)20)14-11(3)18-10-19-16(14)17/h10H,5,7,9H2,1-4H3,(H2,17,18,19)/b15-13-. The highest BCUT2D eigenvalue weighted by molar-refractivity contribution is 6.22. The van der Waals surface area contributed by atoms with Gasteiger partial charge < -0.3 is 5.73 Å². The van der Waals surface area contributed by atoms with Crippen molar-refractivity contribution in [2.75, 3.05) is 5.73 Å². The van der Waals surface area contributed by atoms with Crippen LogP contribution < -0.4 is 5.73 Å². The van der Waals surface area contributed by atoms with Gasteiger partial charge in [0.25, 0.3) is 0 Å². The number of Topliss-reactive ketones (excluding diaryl/α,β-unsaturated/α-hetero) is 1. The number of aryl methyl sites for hydroxylation is 1. The molecule has 0 aliphatic rings. The summed E-state index contributed by atoms with van der Waals surface area (Å²) >= 11 is 0. The van der Waals surface area contributed by atoms with E-state index in [4.69, 9.17) is 5.73 Å². The van der Waals surface area contributed by atoms with Crippen LogP contribution in [0.25, 0.3) is 5.57 Å². The number of nitrogens with two attached hydrogens (primary N) is 1. The fourth-order valence-electron chi connectivity index (χ4n) is 2.09. The summed E-state index contributed by atoms with van der Waals surface area (Å²) in [6.45, 7) is 7.23. The lowest BCUT2D eigenvalue weighted by Gasteiger charge is -2.12. The number of hydrogen-bond acceptors (Lipinski definition) is 4. The predicted octanol–water partition coefficient (Wildman–Crippen LogP) is 2.92. The van der Waals surface area contributed by atoms with E-state index in [1.165, 1.54) is 13.3 Å². The van der Waals surface area contributed by atoms with Gasteiger partial charge in [0.2, 0.25) is 0 Å². The number of allylic oxidation sites excluding steroid dienone is 2. The highest BCUT2D eigenvalue weighted by Crippen LogP contribution is 2.28. The van der Waals surface area contributed by atoms with Crippen molar-refractivity contribution in [3.63, 3.8) is 0 Å². The number of anilines is 1. The van der Waals surface area contributed by atoms with Crippen LogP contribution in [0.15, 0.2) is 11.9 Å². The Bertz CT molecular complexity index is 571. The number of ketones is 1. The summed E-state index contributed by atoms with van der Waals surface area (Å²) in [5.74, 6) is 6.20. The summed E-state index contributed by atoms with van der Waals surface area (Å²) in [5.41, 5.74) is 8.64. The zero-order chi connectivity index (χ0) is 15.1. The van der Waals surface area contributed by atoms with E-state index in [9.17, 15) is 4.79 Å². The molecule has 0 unspecified atom stereocenters. The first-order chi connectivity index (χ1) is 9.52. The molecule has 0 aromatic carbocycles. The molecule has 0 amide bonds. The molecular weight excluding hydrogens is 250 g/mol. The van der Waals surface area contributed by atoms with Crippen LogP contribution in [0.3, 0.4) is 0 Å². The molecule has 1 aromatic heterocycles.